The molecule has 1 aliphatic carbocycles. The summed E-state index contributed by atoms with van der Waals surface area (Å²) < 4.78 is 0. The molecule has 5 heteroatoms. The molecule has 1 unspecified atom stereocenters. The molecule has 5 nitrogen and oxygen atoms in total. The number of aliphatic carboxylic acids is 1. The summed E-state index contributed by atoms with van der Waals surface area (Å²) in [7, 11) is 1.80. The van der Waals surface area contributed by atoms with E-state index in [2.05, 4.69) is 19.2 Å². The first kappa shape index (κ1) is 15.8. The summed E-state index contributed by atoms with van der Waals surface area (Å²) in [4.78, 5) is 24.7. The molecule has 2 N–H and O–H groups in total. The molecule has 0 aromatic carbocycles. The van der Waals surface area contributed by atoms with Crippen molar-refractivity contribution in [1.29, 1.82) is 0 Å². The van der Waals surface area contributed by atoms with Gasteiger partial charge in [-0.05, 0) is 38.5 Å². The predicted molar refractivity (Wildman–Crippen MR) is 74.0 cm³/mol. The molecule has 0 aliphatic heterocycles. The number of carboxylic acids is 1. The van der Waals surface area contributed by atoms with Crippen LogP contribution in [0.1, 0.15) is 46.5 Å². The van der Waals surface area contributed by atoms with Gasteiger partial charge in [-0.3, -0.25) is 4.79 Å². The average Bonchev–Trinajstić information content (AvgIpc) is 2.75. The summed E-state index contributed by atoms with van der Waals surface area (Å²) >= 11 is 0. The lowest BCUT2D eigenvalue weighted by Gasteiger charge is -2.28. The number of hydrogen-bond acceptors (Lipinski definition) is 2. The van der Waals surface area contributed by atoms with Crippen LogP contribution in [-0.4, -0.2) is 41.1 Å². The second kappa shape index (κ2) is 6.78. The molecule has 3 atom stereocenters. The van der Waals surface area contributed by atoms with Crippen LogP contribution in [0.2, 0.25) is 0 Å². The minimum Gasteiger partial charge on any atom is -0.481 e. The van der Waals surface area contributed by atoms with Crippen LogP contribution in [0.25, 0.3) is 0 Å². The standard InChI is InChI=1S/C14H26N2O3/c1-9(2)7-10(3)16(4)14(19)15-12-6-5-11(8-12)13(17)18/h9-12H,5-8H2,1-4H3,(H,15,19)(H,17,18)/t10?,11-,12+/m1/s1. The monoisotopic (exact) mass is 270 g/mol. The number of carboxylic acid groups (broad SMARTS) is 1. The third-order valence-electron chi connectivity index (χ3n) is 3.90. The lowest BCUT2D eigenvalue weighted by molar-refractivity contribution is -0.141. The SMILES string of the molecule is CC(C)CC(C)N(C)C(=O)N[C@H]1CC[C@@H](C(=O)O)C1. The third kappa shape index (κ3) is 4.73. The van der Waals surface area contributed by atoms with E-state index in [4.69, 9.17) is 5.11 Å². The highest BCUT2D eigenvalue weighted by Gasteiger charge is 2.31. The van der Waals surface area contributed by atoms with Crippen molar-refractivity contribution in [3.63, 3.8) is 0 Å². The molecular weight excluding hydrogens is 244 g/mol. The van der Waals surface area contributed by atoms with Crippen molar-refractivity contribution in [3.8, 4) is 0 Å². The number of nitrogens with one attached hydrogen (secondary N) is 1. The molecule has 2 amide bonds. The fraction of sp³-hybridized carbons (Fsp3) is 0.857. The minimum atomic E-state index is -0.752. The molecule has 0 aromatic heterocycles. The summed E-state index contributed by atoms with van der Waals surface area (Å²) in [6.45, 7) is 6.31. The quantitative estimate of drug-likeness (QED) is 0.805. The number of hydrogen-bond donors (Lipinski definition) is 2. The largest absolute Gasteiger partial charge is 0.481 e. The number of amides is 2. The summed E-state index contributed by atoms with van der Waals surface area (Å²) in [6, 6.07) is 0.100. The molecule has 19 heavy (non-hydrogen) atoms. The zero-order chi connectivity index (χ0) is 14.6. The van der Waals surface area contributed by atoms with E-state index in [0.29, 0.717) is 18.8 Å². The van der Waals surface area contributed by atoms with Crippen LogP contribution < -0.4 is 5.32 Å². The van der Waals surface area contributed by atoms with Gasteiger partial charge in [-0.25, -0.2) is 4.79 Å². The van der Waals surface area contributed by atoms with E-state index in [1.165, 1.54) is 0 Å². The van der Waals surface area contributed by atoms with Crippen molar-refractivity contribution in [2.75, 3.05) is 7.05 Å². The second-order valence-corrected chi connectivity index (χ2v) is 6.08. The van der Waals surface area contributed by atoms with Crippen LogP contribution in [0.4, 0.5) is 4.79 Å². The Kier molecular flexibility index (Phi) is 5.63. The van der Waals surface area contributed by atoms with E-state index < -0.39 is 5.97 Å². The van der Waals surface area contributed by atoms with Gasteiger partial charge in [-0.2, -0.15) is 0 Å². The molecule has 0 saturated heterocycles. The first-order chi connectivity index (χ1) is 8.81. The molecule has 1 fully saturated rings. The van der Waals surface area contributed by atoms with Gasteiger partial charge in [0.2, 0.25) is 0 Å². The summed E-state index contributed by atoms with van der Waals surface area (Å²) in [6.07, 6.45) is 2.93. The number of carbonyl (C=O) groups excluding carboxylic acids is 1. The van der Waals surface area contributed by atoms with Crippen molar-refractivity contribution >= 4 is 12.0 Å². The van der Waals surface area contributed by atoms with E-state index in [0.717, 1.165) is 12.8 Å². The zero-order valence-corrected chi connectivity index (χ0v) is 12.3. The molecule has 0 bridgehead atoms. The van der Waals surface area contributed by atoms with Gasteiger partial charge >= 0.3 is 12.0 Å². The van der Waals surface area contributed by atoms with Crippen molar-refractivity contribution in [3.05, 3.63) is 0 Å². The molecule has 1 rings (SSSR count). The first-order valence-electron chi connectivity index (χ1n) is 7.07. The Balaban J connectivity index is 2.41. The van der Waals surface area contributed by atoms with Gasteiger partial charge in [0.1, 0.15) is 0 Å². The van der Waals surface area contributed by atoms with Gasteiger partial charge in [0.15, 0.2) is 0 Å². The Morgan fingerprint density at radius 1 is 1.32 bits per heavy atom. The van der Waals surface area contributed by atoms with Crippen LogP contribution in [0.5, 0.6) is 0 Å². The molecule has 0 heterocycles. The van der Waals surface area contributed by atoms with Crippen molar-refractivity contribution in [2.45, 2.75) is 58.5 Å². The van der Waals surface area contributed by atoms with Crippen molar-refractivity contribution < 1.29 is 14.7 Å². The predicted octanol–water partition coefficient (Wildman–Crippen LogP) is 2.32. The molecule has 110 valence electrons. The molecule has 0 aromatic rings. The maximum absolute atomic E-state index is 12.1. The molecule has 1 aliphatic rings. The number of carbonyl (C=O) groups is 2. The smallest absolute Gasteiger partial charge is 0.317 e. The van der Waals surface area contributed by atoms with Gasteiger partial charge in [0.05, 0.1) is 5.92 Å². The fourth-order valence-electron chi connectivity index (χ4n) is 2.65. The highest BCUT2D eigenvalue weighted by molar-refractivity contribution is 5.75. The topological polar surface area (TPSA) is 69.6 Å². The van der Waals surface area contributed by atoms with Crippen LogP contribution in [-0.2, 0) is 4.79 Å². The number of rotatable bonds is 5. The highest BCUT2D eigenvalue weighted by Crippen LogP contribution is 2.25. The first-order valence-corrected chi connectivity index (χ1v) is 7.07. The van der Waals surface area contributed by atoms with Crippen LogP contribution >= 0.6 is 0 Å². The van der Waals surface area contributed by atoms with E-state index >= 15 is 0 Å². The highest BCUT2D eigenvalue weighted by atomic mass is 16.4. The normalized spacial score (nSPS) is 24.3. The molecule has 0 spiro atoms. The molecule has 0 radical (unpaired) electrons. The van der Waals surface area contributed by atoms with Crippen LogP contribution in [0, 0.1) is 11.8 Å². The Hall–Kier alpha value is -1.26. The summed E-state index contributed by atoms with van der Waals surface area (Å²) in [5, 5.41) is 11.9. The third-order valence-corrected chi connectivity index (χ3v) is 3.90. The van der Waals surface area contributed by atoms with Gasteiger partial charge in [-0.15, -0.1) is 0 Å². The Morgan fingerprint density at radius 3 is 2.42 bits per heavy atom. The fourth-order valence-corrected chi connectivity index (χ4v) is 2.65. The molecular formula is C14H26N2O3. The van der Waals surface area contributed by atoms with Crippen LogP contribution in [0.3, 0.4) is 0 Å². The van der Waals surface area contributed by atoms with E-state index in [1.807, 2.05) is 6.92 Å². The number of nitrogens with zero attached hydrogens (tertiary/aromatic N) is 1. The lowest BCUT2D eigenvalue weighted by Crippen LogP contribution is -2.46. The van der Waals surface area contributed by atoms with Crippen molar-refractivity contribution in [2.24, 2.45) is 11.8 Å². The second-order valence-electron chi connectivity index (χ2n) is 6.08. The number of urea groups is 1. The van der Waals surface area contributed by atoms with E-state index in [9.17, 15) is 9.59 Å². The zero-order valence-electron chi connectivity index (χ0n) is 12.3. The summed E-state index contributed by atoms with van der Waals surface area (Å²) in [5.41, 5.74) is 0. The van der Waals surface area contributed by atoms with Gasteiger partial charge in [-0.1, -0.05) is 13.8 Å². The summed E-state index contributed by atoms with van der Waals surface area (Å²) in [5.74, 6) is -0.505. The maximum Gasteiger partial charge on any atom is 0.317 e. The van der Waals surface area contributed by atoms with E-state index in [1.54, 1.807) is 11.9 Å². The average molecular weight is 270 g/mol. The van der Waals surface area contributed by atoms with Gasteiger partial charge in [0, 0.05) is 19.1 Å². The Bertz CT molecular complexity index is 331. The lowest BCUT2D eigenvalue weighted by atomic mass is 10.0. The Labute approximate surface area is 115 Å². The van der Waals surface area contributed by atoms with Gasteiger partial charge in [0.25, 0.3) is 0 Å². The van der Waals surface area contributed by atoms with Gasteiger partial charge < -0.3 is 15.3 Å². The molecule has 1 saturated carbocycles. The van der Waals surface area contributed by atoms with Crippen molar-refractivity contribution in [1.82, 2.24) is 10.2 Å². The maximum atomic E-state index is 12.1. The van der Waals surface area contributed by atoms with E-state index in [-0.39, 0.29) is 24.0 Å². The Morgan fingerprint density at radius 2 is 1.95 bits per heavy atom. The minimum absolute atomic E-state index is 0.00213. The van der Waals surface area contributed by atoms with Crippen LogP contribution in [0.15, 0.2) is 0 Å².